The first kappa shape index (κ1) is 13.2. The third-order valence-corrected chi connectivity index (χ3v) is 3.76. The fourth-order valence-corrected chi connectivity index (χ4v) is 2.94. The SMILES string of the molecule is CC(C)Oc1cc(Cl)nc2c1CCOC21CCOC1. The zero-order valence-corrected chi connectivity index (χ0v) is 12.0. The number of pyridine rings is 1. The highest BCUT2D eigenvalue weighted by Gasteiger charge is 2.44. The van der Waals surface area contributed by atoms with E-state index in [0.717, 1.165) is 29.8 Å². The van der Waals surface area contributed by atoms with Crippen LogP contribution in [0.2, 0.25) is 5.15 Å². The van der Waals surface area contributed by atoms with Crippen LogP contribution in [0.1, 0.15) is 31.5 Å². The van der Waals surface area contributed by atoms with Crippen molar-refractivity contribution in [1.29, 1.82) is 0 Å². The summed E-state index contributed by atoms with van der Waals surface area (Å²) in [6, 6.07) is 1.80. The second-order valence-corrected chi connectivity index (χ2v) is 5.72. The Hall–Kier alpha value is -0.840. The van der Waals surface area contributed by atoms with Gasteiger partial charge in [0.2, 0.25) is 0 Å². The molecule has 19 heavy (non-hydrogen) atoms. The van der Waals surface area contributed by atoms with E-state index in [1.165, 1.54) is 0 Å². The second kappa shape index (κ2) is 4.93. The summed E-state index contributed by atoms with van der Waals surface area (Å²) in [6.45, 7) is 5.94. The van der Waals surface area contributed by atoms with Crippen molar-refractivity contribution in [2.45, 2.75) is 38.4 Å². The van der Waals surface area contributed by atoms with Gasteiger partial charge in [0.1, 0.15) is 16.5 Å². The molecule has 2 aliphatic rings. The highest BCUT2D eigenvalue weighted by molar-refractivity contribution is 6.29. The average Bonchev–Trinajstić information content (AvgIpc) is 2.79. The van der Waals surface area contributed by atoms with Crippen molar-refractivity contribution in [2.24, 2.45) is 0 Å². The first-order chi connectivity index (χ1) is 9.11. The molecule has 1 atom stereocenters. The molecule has 104 valence electrons. The maximum absolute atomic E-state index is 6.14. The number of hydrogen-bond acceptors (Lipinski definition) is 4. The third kappa shape index (κ3) is 2.33. The molecule has 1 spiro atoms. The number of nitrogens with zero attached hydrogens (tertiary/aromatic N) is 1. The van der Waals surface area contributed by atoms with Gasteiger partial charge in [0, 0.05) is 31.1 Å². The topological polar surface area (TPSA) is 40.6 Å². The number of ether oxygens (including phenoxy) is 3. The minimum atomic E-state index is -0.423. The molecule has 0 N–H and O–H groups in total. The molecule has 0 amide bonds. The number of rotatable bonds is 2. The molecule has 1 unspecified atom stereocenters. The Bertz CT molecular complexity index is 484. The molecule has 4 nitrogen and oxygen atoms in total. The van der Waals surface area contributed by atoms with Crippen LogP contribution in [0.3, 0.4) is 0 Å². The molecule has 0 radical (unpaired) electrons. The lowest BCUT2D eigenvalue weighted by Gasteiger charge is -2.34. The molecule has 0 bridgehead atoms. The molecule has 3 heterocycles. The Morgan fingerprint density at radius 1 is 1.42 bits per heavy atom. The van der Waals surface area contributed by atoms with E-state index in [1.807, 2.05) is 13.8 Å². The molecule has 0 aromatic carbocycles. The minimum Gasteiger partial charge on any atom is -0.491 e. The number of fused-ring (bicyclic) bond motifs is 2. The van der Waals surface area contributed by atoms with Crippen molar-refractivity contribution in [3.8, 4) is 5.75 Å². The van der Waals surface area contributed by atoms with E-state index in [-0.39, 0.29) is 6.10 Å². The lowest BCUT2D eigenvalue weighted by atomic mass is 9.90. The van der Waals surface area contributed by atoms with E-state index in [1.54, 1.807) is 6.07 Å². The van der Waals surface area contributed by atoms with Crippen LogP contribution in [-0.4, -0.2) is 30.9 Å². The van der Waals surface area contributed by atoms with Crippen LogP contribution in [0.4, 0.5) is 0 Å². The molecule has 5 heteroatoms. The highest BCUT2D eigenvalue weighted by atomic mass is 35.5. The first-order valence-electron chi connectivity index (χ1n) is 6.69. The van der Waals surface area contributed by atoms with Crippen molar-refractivity contribution in [3.63, 3.8) is 0 Å². The molecule has 2 aliphatic heterocycles. The average molecular weight is 284 g/mol. The van der Waals surface area contributed by atoms with E-state index in [4.69, 9.17) is 25.8 Å². The number of aromatic nitrogens is 1. The molecule has 3 rings (SSSR count). The van der Waals surface area contributed by atoms with Crippen molar-refractivity contribution in [3.05, 3.63) is 22.5 Å². The van der Waals surface area contributed by atoms with Gasteiger partial charge in [0.05, 0.1) is 25.0 Å². The normalized spacial score (nSPS) is 25.9. The fraction of sp³-hybridized carbons (Fsp3) is 0.643. The van der Waals surface area contributed by atoms with Gasteiger partial charge in [-0.05, 0) is 13.8 Å². The predicted octanol–water partition coefficient (Wildman–Crippen LogP) is 2.71. The summed E-state index contributed by atoms with van der Waals surface area (Å²) in [7, 11) is 0. The van der Waals surface area contributed by atoms with Gasteiger partial charge in [-0.15, -0.1) is 0 Å². The standard InChI is InChI=1S/C14H18ClNO3/c1-9(2)19-11-7-12(15)16-13-10(11)3-5-18-14(13)4-6-17-8-14/h7,9H,3-6,8H2,1-2H3. The maximum atomic E-state index is 6.14. The largest absolute Gasteiger partial charge is 0.491 e. The second-order valence-electron chi connectivity index (χ2n) is 5.33. The van der Waals surface area contributed by atoms with Crippen LogP contribution in [0, 0.1) is 0 Å². The van der Waals surface area contributed by atoms with E-state index >= 15 is 0 Å². The molecule has 0 saturated carbocycles. The maximum Gasteiger partial charge on any atom is 0.136 e. The summed E-state index contributed by atoms with van der Waals surface area (Å²) < 4.78 is 17.3. The van der Waals surface area contributed by atoms with Crippen LogP contribution in [0.25, 0.3) is 0 Å². The Morgan fingerprint density at radius 2 is 2.26 bits per heavy atom. The lowest BCUT2D eigenvalue weighted by molar-refractivity contribution is -0.0671. The molecular formula is C14H18ClNO3. The van der Waals surface area contributed by atoms with Crippen LogP contribution in [-0.2, 0) is 21.5 Å². The summed E-state index contributed by atoms with van der Waals surface area (Å²) >= 11 is 6.14. The van der Waals surface area contributed by atoms with Crippen molar-refractivity contribution in [2.75, 3.05) is 19.8 Å². The van der Waals surface area contributed by atoms with Gasteiger partial charge in [0.15, 0.2) is 0 Å². The van der Waals surface area contributed by atoms with Crippen molar-refractivity contribution >= 4 is 11.6 Å². The van der Waals surface area contributed by atoms with Gasteiger partial charge in [-0.1, -0.05) is 11.6 Å². The van der Waals surface area contributed by atoms with Gasteiger partial charge >= 0.3 is 0 Å². The van der Waals surface area contributed by atoms with Crippen molar-refractivity contribution in [1.82, 2.24) is 4.98 Å². The monoisotopic (exact) mass is 283 g/mol. The van der Waals surface area contributed by atoms with Crippen LogP contribution >= 0.6 is 11.6 Å². The summed E-state index contributed by atoms with van der Waals surface area (Å²) in [5, 5.41) is 0.450. The Kier molecular flexibility index (Phi) is 3.41. The Balaban J connectivity index is 2.08. The summed E-state index contributed by atoms with van der Waals surface area (Å²) in [4.78, 5) is 4.50. The van der Waals surface area contributed by atoms with E-state index in [9.17, 15) is 0 Å². The number of halogens is 1. The van der Waals surface area contributed by atoms with Gasteiger partial charge in [-0.25, -0.2) is 4.98 Å². The van der Waals surface area contributed by atoms with E-state index < -0.39 is 5.60 Å². The van der Waals surface area contributed by atoms with Crippen LogP contribution in [0.5, 0.6) is 5.75 Å². The minimum absolute atomic E-state index is 0.112. The summed E-state index contributed by atoms with van der Waals surface area (Å²) in [5.41, 5.74) is 1.60. The lowest BCUT2D eigenvalue weighted by Crippen LogP contribution is -2.37. The zero-order chi connectivity index (χ0) is 13.5. The summed E-state index contributed by atoms with van der Waals surface area (Å²) in [6.07, 6.45) is 1.75. The number of hydrogen-bond donors (Lipinski definition) is 0. The van der Waals surface area contributed by atoms with Gasteiger partial charge < -0.3 is 14.2 Å². The van der Waals surface area contributed by atoms with Crippen LogP contribution < -0.4 is 4.74 Å². The molecule has 1 aromatic rings. The van der Waals surface area contributed by atoms with Gasteiger partial charge in [-0.2, -0.15) is 0 Å². The molecule has 0 aliphatic carbocycles. The van der Waals surface area contributed by atoms with Crippen LogP contribution in [0.15, 0.2) is 6.07 Å². The van der Waals surface area contributed by atoms with E-state index in [2.05, 4.69) is 4.98 Å². The fourth-order valence-electron chi connectivity index (χ4n) is 2.76. The molecule has 1 fully saturated rings. The Labute approximate surface area is 118 Å². The first-order valence-corrected chi connectivity index (χ1v) is 7.07. The van der Waals surface area contributed by atoms with Gasteiger partial charge in [0.25, 0.3) is 0 Å². The molecule has 1 aromatic heterocycles. The Morgan fingerprint density at radius 3 is 2.95 bits per heavy atom. The van der Waals surface area contributed by atoms with Gasteiger partial charge in [-0.3, -0.25) is 0 Å². The molecular weight excluding hydrogens is 266 g/mol. The zero-order valence-electron chi connectivity index (χ0n) is 11.2. The molecule has 1 saturated heterocycles. The highest BCUT2D eigenvalue weighted by Crippen LogP contribution is 2.42. The summed E-state index contributed by atoms with van der Waals surface area (Å²) in [5.74, 6) is 0.833. The third-order valence-electron chi connectivity index (χ3n) is 3.56. The quantitative estimate of drug-likeness (QED) is 0.783. The van der Waals surface area contributed by atoms with Crippen molar-refractivity contribution < 1.29 is 14.2 Å². The predicted molar refractivity (Wildman–Crippen MR) is 71.8 cm³/mol. The smallest absolute Gasteiger partial charge is 0.136 e. The van der Waals surface area contributed by atoms with E-state index in [0.29, 0.717) is 25.0 Å².